The topological polar surface area (TPSA) is 307 Å². The Morgan fingerprint density at radius 2 is 0.690 bits per heavy atom. The van der Waals surface area contributed by atoms with Crippen LogP contribution < -0.4 is 5.32 Å². The van der Waals surface area contributed by atoms with E-state index in [9.17, 15) is 61.0 Å². The zero-order valence-electron chi connectivity index (χ0n) is 60.9. The second-order valence-electron chi connectivity index (χ2n) is 26.7. The summed E-state index contributed by atoms with van der Waals surface area (Å²) in [6.45, 7) is 1.66. The number of hydrogen-bond donors (Lipinski definition) is 12. The first-order valence-electron chi connectivity index (χ1n) is 38.4. The molecule has 3 aliphatic rings. The molecular weight excluding hydrogens is 1270 g/mol. The van der Waals surface area contributed by atoms with Gasteiger partial charge in [-0.25, -0.2) is 0 Å². The number of rotatable bonds is 58. The standard InChI is InChI=1S/C81H135NO18/c1-3-5-7-9-11-13-15-17-19-21-22-23-24-25-26-27-28-29-30-31-32-33-34-35-36-37-38-39-40-41-42-43-45-47-49-51-53-55-57-59-69(87)82-64(65(86)58-56-54-52-50-48-46-44-20-18-16-14-12-10-8-6-4-2)63-95-79-75(93)72(90)77(67(61-84)97-79)100-81-76(94)73(91)78(68(62-85)98-81)99-80-74(92)71(89)70(88)66(60-83)96-80/h5,7,11,13,17,19,22-23,25-26,28-29,31-32,34-35,37-38,40-41,43,45,64-68,70-81,83-86,88-94H,3-4,6,8-10,12,14-16,18,20-21,24,27,30,33,36,39,42,44,46-63H2,1-2H3,(H,82,87)/b7-5-,13-11-,19-17-,23-22-,26-25-,29-28-,32-31-,35-34-,38-37-,41-40-,45-43-. The number of ether oxygens (including phenoxy) is 6. The highest BCUT2D eigenvalue weighted by Gasteiger charge is 2.53. The molecule has 0 spiro atoms. The van der Waals surface area contributed by atoms with Crippen molar-refractivity contribution < 1.29 is 89.4 Å². The molecule has 100 heavy (non-hydrogen) atoms. The van der Waals surface area contributed by atoms with Crippen LogP contribution in [0.2, 0.25) is 0 Å². The third-order valence-corrected chi connectivity index (χ3v) is 18.2. The molecule has 0 saturated carbocycles. The van der Waals surface area contributed by atoms with Crippen molar-refractivity contribution in [3.05, 3.63) is 134 Å². The average Bonchev–Trinajstić information content (AvgIpc) is 0.784. The predicted molar refractivity (Wildman–Crippen MR) is 396 cm³/mol. The molecule has 17 atom stereocenters. The van der Waals surface area contributed by atoms with Crippen molar-refractivity contribution in [2.45, 2.75) is 343 Å². The second kappa shape index (κ2) is 60.2. The Balaban J connectivity index is 1.36. The lowest BCUT2D eigenvalue weighted by atomic mass is 9.96. The minimum absolute atomic E-state index is 0.235. The normalized spacial score (nSPS) is 27.2. The van der Waals surface area contributed by atoms with Gasteiger partial charge in [0.2, 0.25) is 5.91 Å². The van der Waals surface area contributed by atoms with E-state index in [1.165, 1.54) is 77.0 Å². The van der Waals surface area contributed by atoms with E-state index in [2.05, 4.69) is 153 Å². The monoisotopic (exact) mass is 1410 g/mol. The van der Waals surface area contributed by atoms with Crippen molar-refractivity contribution >= 4 is 5.91 Å². The van der Waals surface area contributed by atoms with Crippen LogP contribution in [-0.2, 0) is 33.2 Å². The van der Waals surface area contributed by atoms with Crippen LogP contribution in [0.1, 0.15) is 239 Å². The molecule has 0 aromatic carbocycles. The molecule has 3 fully saturated rings. The second-order valence-corrected chi connectivity index (χ2v) is 26.7. The van der Waals surface area contributed by atoms with Crippen LogP contribution in [0.4, 0.5) is 0 Å². The Hall–Kier alpha value is -4.07. The summed E-state index contributed by atoms with van der Waals surface area (Å²) < 4.78 is 34.4. The van der Waals surface area contributed by atoms with E-state index in [0.29, 0.717) is 12.8 Å². The molecule has 0 bridgehead atoms. The van der Waals surface area contributed by atoms with Gasteiger partial charge in [-0.05, 0) is 96.3 Å². The zero-order valence-corrected chi connectivity index (χ0v) is 60.9. The highest BCUT2D eigenvalue weighted by molar-refractivity contribution is 5.76. The lowest BCUT2D eigenvalue weighted by molar-refractivity contribution is -0.379. The molecule has 19 heteroatoms. The Morgan fingerprint density at radius 3 is 1.08 bits per heavy atom. The smallest absolute Gasteiger partial charge is 0.220 e. The molecule has 0 aliphatic carbocycles. The van der Waals surface area contributed by atoms with Crippen LogP contribution in [0.15, 0.2) is 134 Å². The summed E-state index contributed by atoms with van der Waals surface area (Å²) in [7, 11) is 0. The average molecular weight is 1410 g/mol. The first kappa shape index (κ1) is 90.1. The molecule has 3 heterocycles. The van der Waals surface area contributed by atoms with Gasteiger partial charge in [0.15, 0.2) is 18.9 Å². The molecule has 12 N–H and O–H groups in total. The van der Waals surface area contributed by atoms with Crippen LogP contribution >= 0.6 is 0 Å². The molecule has 19 nitrogen and oxygen atoms in total. The van der Waals surface area contributed by atoms with Crippen molar-refractivity contribution in [1.82, 2.24) is 5.32 Å². The largest absolute Gasteiger partial charge is 0.394 e. The van der Waals surface area contributed by atoms with Crippen LogP contribution in [0.25, 0.3) is 0 Å². The van der Waals surface area contributed by atoms with E-state index in [4.69, 9.17) is 28.4 Å². The van der Waals surface area contributed by atoms with Crippen LogP contribution in [0, 0.1) is 0 Å². The summed E-state index contributed by atoms with van der Waals surface area (Å²) in [5, 5.41) is 121. The highest BCUT2D eigenvalue weighted by Crippen LogP contribution is 2.33. The predicted octanol–water partition coefficient (Wildman–Crippen LogP) is 12.1. The number of hydrogen-bond acceptors (Lipinski definition) is 18. The fourth-order valence-corrected chi connectivity index (χ4v) is 12.1. The van der Waals surface area contributed by atoms with E-state index in [1.807, 2.05) is 0 Å². The van der Waals surface area contributed by atoms with Crippen LogP contribution in [0.5, 0.6) is 0 Å². The van der Waals surface area contributed by atoms with Gasteiger partial charge >= 0.3 is 0 Å². The molecular formula is C81H135NO18. The maximum Gasteiger partial charge on any atom is 0.220 e. The minimum atomic E-state index is -1.98. The maximum absolute atomic E-state index is 13.5. The molecule has 1 amide bonds. The molecule has 3 saturated heterocycles. The van der Waals surface area contributed by atoms with Crippen molar-refractivity contribution in [2.75, 3.05) is 26.4 Å². The molecule has 17 unspecified atom stereocenters. The first-order chi connectivity index (χ1) is 48.8. The number of unbranched alkanes of at least 4 members (excludes halogenated alkanes) is 20. The van der Waals surface area contributed by atoms with Gasteiger partial charge in [-0.3, -0.25) is 4.79 Å². The summed E-state index contributed by atoms with van der Waals surface area (Å²) in [5.41, 5.74) is 0. The van der Waals surface area contributed by atoms with Gasteiger partial charge in [0, 0.05) is 6.42 Å². The fourth-order valence-electron chi connectivity index (χ4n) is 12.1. The SMILES string of the molecule is CC/C=C\C/C=C\C/C=C\C/C=C\C/C=C\C/C=C\C/C=C\C/C=C\C/C=C\C/C=C\C/C=C\CCCCCCCC(=O)NC(COC1OC(CO)C(OC2OC(CO)C(OC3OC(CO)C(O)C(O)C3O)C(O)C2O)C(O)C1O)C(O)CCCCCCCCCCCCCCCCCC. The molecule has 0 aromatic rings. The van der Waals surface area contributed by atoms with Gasteiger partial charge in [0.25, 0.3) is 0 Å². The lowest BCUT2D eigenvalue weighted by Crippen LogP contribution is -2.66. The Kier molecular flexibility index (Phi) is 54.3. The third kappa shape index (κ3) is 40.3. The Labute approximate surface area is 600 Å². The van der Waals surface area contributed by atoms with Crippen molar-refractivity contribution in [3.8, 4) is 0 Å². The van der Waals surface area contributed by atoms with Crippen LogP contribution in [-0.4, -0.2) is 193 Å². The van der Waals surface area contributed by atoms with Crippen molar-refractivity contribution in [2.24, 2.45) is 0 Å². The summed E-state index contributed by atoms with van der Waals surface area (Å²) in [6, 6.07) is -0.908. The number of aliphatic hydroxyl groups excluding tert-OH is 11. The summed E-state index contributed by atoms with van der Waals surface area (Å²) in [5.74, 6) is -0.266. The summed E-state index contributed by atoms with van der Waals surface area (Å²) in [6.07, 6.45) is 58.1. The maximum atomic E-state index is 13.5. The van der Waals surface area contributed by atoms with Gasteiger partial charge < -0.3 is 89.9 Å². The van der Waals surface area contributed by atoms with E-state index < -0.39 is 124 Å². The highest BCUT2D eigenvalue weighted by atomic mass is 16.8. The van der Waals surface area contributed by atoms with Crippen molar-refractivity contribution in [3.63, 3.8) is 0 Å². The van der Waals surface area contributed by atoms with Gasteiger partial charge in [-0.2, -0.15) is 0 Å². The zero-order chi connectivity index (χ0) is 72.5. The van der Waals surface area contributed by atoms with E-state index in [0.717, 1.165) is 128 Å². The molecule has 572 valence electrons. The number of nitrogens with one attached hydrogen (secondary N) is 1. The number of allylic oxidation sites excluding steroid dienone is 22. The number of carbonyl (C=O) groups is 1. The van der Waals surface area contributed by atoms with Gasteiger partial charge in [-0.1, -0.05) is 270 Å². The molecule has 3 rings (SSSR count). The molecule has 0 aromatic heterocycles. The first-order valence-corrected chi connectivity index (χ1v) is 38.4. The number of carbonyl (C=O) groups excluding carboxylic acids is 1. The van der Waals surface area contributed by atoms with E-state index in [-0.39, 0.29) is 18.9 Å². The lowest BCUT2D eigenvalue weighted by Gasteiger charge is -2.48. The van der Waals surface area contributed by atoms with Gasteiger partial charge in [-0.15, -0.1) is 0 Å². The van der Waals surface area contributed by atoms with Gasteiger partial charge in [0.05, 0.1) is 38.6 Å². The quantitative estimate of drug-likeness (QED) is 0.0199. The summed E-state index contributed by atoms with van der Waals surface area (Å²) in [4.78, 5) is 13.5. The van der Waals surface area contributed by atoms with E-state index in [1.54, 1.807) is 0 Å². The Morgan fingerprint density at radius 1 is 0.370 bits per heavy atom. The number of aliphatic hydroxyl groups is 11. The van der Waals surface area contributed by atoms with Crippen LogP contribution in [0.3, 0.4) is 0 Å². The van der Waals surface area contributed by atoms with E-state index >= 15 is 0 Å². The van der Waals surface area contributed by atoms with Crippen molar-refractivity contribution in [1.29, 1.82) is 0 Å². The molecule has 3 aliphatic heterocycles. The molecule has 0 radical (unpaired) electrons. The van der Waals surface area contributed by atoms with Gasteiger partial charge in [0.1, 0.15) is 73.2 Å². The fraction of sp³-hybridized carbons (Fsp3) is 0.716. The third-order valence-electron chi connectivity index (χ3n) is 18.2. The Bertz CT molecular complexity index is 2330. The minimum Gasteiger partial charge on any atom is -0.394 e. The number of amides is 1. The summed E-state index contributed by atoms with van der Waals surface area (Å²) >= 11 is 0.